The summed E-state index contributed by atoms with van der Waals surface area (Å²) in [4.78, 5) is 14.6. The largest absolute Gasteiger partial charge is 0.337 e. The number of rotatable bonds is 2. The molecule has 1 amide bonds. The van der Waals surface area contributed by atoms with Crippen LogP contribution in [0.2, 0.25) is 10.2 Å². The fourth-order valence-corrected chi connectivity index (χ4v) is 3.32. The summed E-state index contributed by atoms with van der Waals surface area (Å²) in [6, 6.07) is 1.62. The van der Waals surface area contributed by atoms with Crippen molar-refractivity contribution >= 4 is 29.1 Å². The predicted molar refractivity (Wildman–Crippen MR) is 84.3 cm³/mol. The Labute approximate surface area is 138 Å². The minimum atomic E-state index is -0.0526. The highest BCUT2D eigenvalue weighted by Crippen LogP contribution is 2.29. The Morgan fingerprint density at radius 1 is 1.36 bits per heavy atom. The van der Waals surface area contributed by atoms with Gasteiger partial charge in [0.1, 0.15) is 23.0 Å². The van der Waals surface area contributed by atoms with Gasteiger partial charge in [-0.1, -0.05) is 23.2 Å². The molecule has 0 radical (unpaired) electrons. The zero-order valence-electron chi connectivity index (χ0n) is 12.5. The maximum absolute atomic E-state index is 12.7. The first kappa shape index (κ1) is 15.4. The summed E-state index contributed by atoms with van der Waals surface area (Å²) in [7, 11) is 3.67. The van der Waals surface area contributed by atoms with Crippen LogP contribution in [0.25, 0.3) is 0 Å². The topological polar surface area (TPSA) is 56.0 Å². The van der Waals surface area contributed by atoms with Crippen LogP contribution in [0.4, 0.5) is 0 Å². The van der Waals surface area contributed by atoms with E-state index < -0.39 is 0 Å². The number of halogens is 2. The molecule has 0 saturated carbocycles. The fraction of sp³-hybridized carbons (Fsp3) is 0.500. The van der Waals surface area contributed by atoms with E-state index in [2.05, 4.69) is 10.2 Å². The van der Waals surface area contributed by atoms with Gasteiger partial charge in [-0.2, -0.15) is 0 Å². The van der Waals surface area contributed by atoms with Gasteiger partial charge in [-0.15, -0.1) is 10.2 Å². The SMILES string of the molecule is Cn1cnnc1[C@H]1CCCN(C(=O)c2cc(Cl)c(Cl)n2C)C1. The number of piperidine rings is 1. The van der Waals surface area contributed by atoms with Crippen LogP contribution in [0.5, 0.6) is 0 Å². The van der Waals surface area contributed by atoms with Crippen LogP contribution in [0, 0.1) is 0 Å². The lowest BCUT2D eigenvalue weighted by Gasteiger charge is -2.32. The van der Waals surface area contributed by atoms with E-state index in [4.69, 9.17) is 23.2 Å². The Balaban J connectivity index is 1.81. The molecule has 118 valence electrons. The lowest BCUT2D eigenvalue weighted by molar-refractivity contribution is 0.0694. The maximum atomic E-state index is 12.7. The minimum absolute atomic E-state index is 0.0526. The van der Waals surface area contributed by atoms with Crippen molar-refractivity contribution in [1.29, 1.82) is 0 Å². The first-order chi connectivity index (χ1) is 10.5. The molecule has 0 N–H and O–H groups in total. The van der Waals surface area contributed by atoms with E-state index in [0.29, 0.717) is 22.4 Å². The second kappa shape index (κ2) is 5.93. The Morgan fingerprint density at radius 2 is 2.14 bits per heavy atom. The van der Waals surface area contributed by atoms with Gasteiger partial charge in [-0.05, 0) is 18.9 Å². The molecule has 1 atom stereocenters. The number of hydrogen-bond acceptors (Lipinski definition) is 3. The van der Waals surface area contributed by atoms with Gasteiger partial charge in [0.2, 0.25) is 0 Å². The molecule has 1 fully saturated rings. The molecule has 0 aromatic carbocycles. The van der Waals surface area contributed by atoms with E-state index in [9.17, 15) is 4.79 Å². The molecule has 3 heterocycles. The van der Waals surface area contributed by atoms with Crippen molar-refractivity contribution in [2.24, 2.45) is 14.1 Å². The highest BCUT2D eigenvalue weighted by atomic mass is 35.5. The molecule has 0 aliphatic carbocycles. The predicted octanol–water partition coefficient (Wildman–Crippen LogP) is 2.48. The van der Waals surface area contributed by atoms with Gasteiger partial charge in [0.05, 0.1) is 5.02 Å². The van der Waals surface area contributed by atoms with Crippen molar-refractivity contribution in [2.75, 3.05) is 13.1 Å². The van der Waals surface area contributed by atoms with Crippen LogP contribution in [-0.4, -0.2) is 43.2 Å². The van der Waals surface area contributed by atoms with E-state index in [1.165, 1.54) is 0 Å². The zero-order chi connectivity index (χ0) is 15.9. The van der Waals surface area contributed by atoms with Gasteiger partial charge in [-0.25, -0.2) is 0 Å². The van der Waals surface area contributed by atoms with Crippen molar-refractivity contribution < 1.29 is 4.79 Å². The third-order valence-corrected chi connectivity index (χ3v) is 5.00. The van der Waals surface area contributed by atoms with Gasteiger partial charge < -0.3 is 14.0 Å². The van der Waals surface area contributed by atoms with Crippen molar-refractivity contribution in [3.8, 4) is 0 Å². The molecule has 1 aliphatic heterocycles. The summed E-state index contributed by atoms with van der Waals surface area (Å²) < 4.78 is 3.53. The van der Waals surface area contributed by atoms with Gasteiger partial charge in [-0.3, -0.25) is 4.79 Å². The van der Waals surface area contributed by atoms with E-state index in [1.807, 2.05) is 16.5 Å². The third kappa shape index (κ3) is 2.61. The molecule has 0 spiro atoms. The van der Waals surface area contributed by atoms with Crippen LogP contribution < -0.4 is 0 Å². The molecule has 22 heavy (non-hydrogen) atoms. The number of aromatic nitrogens is 4. The highest BCUT2D eigenvalue weighted by Gasteiger charge is 2.29. The van der Waals surface area contributed by atoms with E-state index in [1.54, 1.807) is 24.0 Å². The summed E-state index contributed by atoms with van der Waals surface area (Å²) in [5.41, 5.74) is 0.508. The summed E-state index contributed by atoms with van der Waals surface area (Å²) in [6.45, 7) is 1.36. The van der Waals surface area contributed by atoms with E-state index >= 15 is 0 Å². The molecule has 2 aromatic rings. The van der Waals surface area contributed by atoms with E-state index in [0.717, 1.165) is 25.2 Å². The van der Waals surface area contributed by atoms with Gasteiger partial charge in [0.25, 0.3) is 5.91 Å². The highest BCUT2D eigenvalue weighted by molar-refractivity contribution is 6.41. The monoisotopic (exact) mass is 341 g/mol. The first-order valence-electron chi connectivity index (χ1n) is 7.13. The number of carbonyl (C=O) groups excluding carboxylic acids is 1. The molecule has 0 bridgehead atoms. The Bertz CT molecular complexity index is 708. The van der Waals surface area contributed by atoms with Gasteiger partial charge in [0, 0.05) is 33.1 Å². The molecular formula is C14H17Cl2N5O. The normalized spacial score (nSPS) is 18.7. The number of amides is 1. The van der Waals surface area contributed by atoms with Crippen molar-refractivity contribution in [3.05, 3.63) is 34.1 Å². The van der Waals surface area contributed by atoms with Crippen molar-refractivity contribution in [1.82, 2.24) is 24.2 Å². The number of aryl methyl sites for hydroxylation is 1. The van der Waals surface area contributed by atoms with Crippen LogP contribution in [0.15, 0.2) is 12.4 Å². The van der Waals surface area contributed by atoms with Crippen molar-refractivity contribution in [3.63, 3.8) is 0 Å². The lowest BCUT2D eigenvalue weighted by Crippen LogP contribution is -2.40. The van der Waals surface area contributed by atoms with Gasteiger partial charge >= 0.3 is 0 Å². The Kier molecular flexibility index (Phi) is 4.14. The molecule has 3 rings (SSSR count). The number of likely N-dealkylation sites (tertiary alicyclic amines) is 1. The second-order valence-electron chi connectivity index (χ2n) is 5.62. The summed E-state index contributed by atoms with van der Waals surface area (Å²) in [6.07, 6.45) is 3.63. The number of nitrogens with zero attached hydrogens (tertiary/aromatic N) is 5. The number of carbonyl (C=O) groups is 1. The quantitative estimate of drug-likeness (QED) is 0.843. The van der Waals surface area contributed by atoms with Crippen molar-refractivity contribution in [2.45, 2.75) is 18.8 Å². The number of hydrogen-bond donors (Lipinski definition) is 0. The average molecular weight is 342 g/mol. The standard InChI is InChI=1S/C14H17Cl2N5O/c1-19-8-17-18-13(19)9-4-3-5-21(7-9)14(22)11-6-10(15)12(16)20(11)2/h6,8-9H,3-5,7H2,1-2H3/t9-/m0/s1. The van der Waals surface area contributed by atoms with Crippen LogP contribution >= 0.6 is 23.2 Å². The smallest absolute Gasteiger partial charge is 0.270 e. The molecule has 2 aromatic heterocycles. The van der Waals surface area contributed by atoms with Gasteiger partial charge in [0.15, 0.2) is 0 Å². The summed E-state index contributed by atoms with van der Waals surface area (Å²) in [5, 5.41) is 8.87. The molecule has 8 heteroatoms. The Morgan fingerprint density at radius 3 is 2.73 bits per heavy atom. The molecular weight excluding hydrogens is 325 g/mol. The molecule has 6 nitrogen and oxygen atoms in total. The van der Waals surface area contributed by atoms with Crippen LogP contribution in [0.1, 0.15) is 35.1 Å². The van der Waals surface area contributed by atoms with Crippen LogP contribution in [0.3, 0.4) is 0 Å². The first-order valence-corrected chi connectivity index (χ1v) is 7.88. The molecule has 1 aliphatic rings. The molecule has 1 saturated heterocycles. The second-order valence-corrected chi connectivity index (χ2v) is 6.38. The van der Waals surface area contributed by atoms with Crippen LogP contribution in [-0.2, 0) is 14.1 Å². The summed E-state index contributed by atoms with van der Waals surface area (Å²) in [5.74, 6) is 1.07. The Hall–Kier alpha value is -1.53. The third-order valence-electron chi connectivity index (χ3n) is 4.16. The minimum Gasteiger partial charge on any atom is -0.337 e. The molecule has 0 unspecified atom stereocenters. The lowest BCUT2D eigenvalue weighted by atomic mass is 9.97. The fourth-order valence-electron chi connectivity index (χ4n) is 2.94. The van der Waals surface area contributed by atoms with E-state index in [-0.39, 0.29) is 11.8 Å². The zero-order valence-corrected chi connectivity index (χ0v) is 14.0. The summed E-state index contributed by atoms with van der Waals surface area (Å²) >= 11 is 12.1. The maximum Gasteiger partial charge on any atom is 0.270 e. The average Bonchev–Trinajstić information content (AvgIpc) is 3.06.